The van der Waals surface area contributed by atoms with Gasteiger partial charge in [0.2, 0.25) is 0 Å². The fourth-order valence-corrected chi connectivity index (χ4v) is 3.18. The number of benzene rings is 1. The first kappa shape index (κ1) is 20.3. The quantitative estimate of drug-likeness (QED) is 0.815. The molecule has 2 heterocycles. The highest BCUT2D eigenvalue weighted by Crippen LogP contribution is 2.22. The van der Waals surface area contributed by atoms with E-state index in [1.807, 2.05) is 31.2 Å². The van der Waals surface area contributed by atoms with Crippen LogP contribution in [-0.2, 0) is 11.3 Å². The number of halogens is 3. The normalized spacial score (nSPS) is 16.7. The van der Waals surface area contributed by atoms with Crippen LogP contribution >= 0.6 is 0 Å². The fraction of sp³-hybridized carbons (Fsp3) is 0.474. The van der Waals surface area contributed by atoms with Crippen LogP contribution in [0.25, 0.3) is 0 Å². The number of carbonyl (C=O) groups excluding carboxylic acids is 1. The predicted molar refractivity (Wildman–Crippen MR) is 96.9 cm³/mol. The third kappa shape index (κ3) is 5.56. The number of aromatic nitrogens is 2. The number of morpholine rings is 1. The number of hydrogen-bond donors (Lipinski definition) is 1. The molecule has 1 aromatic heterocycles. The summed E-state index contributed by atoms with van der Waals surface area (Å²) in [6.07, 6.45) is -2.12. The van der Waals surface area contributed by atoms with E-state index in [2.05, 4.69) is 15.3 Å². The number of alkyl halides is 3. The summed E-state index contributed by atoms with van der Waals surface area (Å²) < 4.78 is 43.5. The van der Waals surface area contributed by atoms with Crippen molar-refractivity contribution in [2.75, 3.05) is 32.8 Å². The maximum atomic E-state index is 12.5. The molecule has 0 spiro atoms. The summed E-state index contributed by atoms with van der Waals surface area (Å²) in [5.74, 6) is -0.446. The van der Waals surface area contributed by atoms with Gasteiger partial charge < -0.3 is 10.1 Å². The number of nitrogens with one attached hydrogen (secondary N) is 1. The zero-order chi connectivity index (χ0) is 20.1. The molecule has 2 aromatic rings. The molecule has 6 nitrogen and oxygen atoms in total. The van der Waals surface area contributed by atoms with Crippen LogP contribution in [0.3, 0.4) is 0 Å². The van der Waals surface area contributed by atoms with E-state index < -0.39 is 18.6 Å². The smallest absolute Gasteiger partial charge is 0.379 e. The number of nitrogens with zero attached hydrogens (tertiary/aromatic N) is 3. The number of aryl methyl sites for hydroxylation is 1. The van der Waals surface area contributed by atoms with Gasteiger partial charge in [0.25, 0.3) is 5.91 Å². The topological polar surface area (TPSA) is 59.4 Å². The lowest BCUT2D eigenvalue weighted by atomic mass is 10.0. The van der Waals surface area contributed by atoms with Crippen LogP contribution in [0.4, 0.5) is 13.2 Å². The highest BCUT2D eigenvalue weighted by atomic mass is 19.4. The van der Waals surface area contributed by atoms with Gasteiger partial charge in [0.1, 0.15) is 6.54 Å². The Bertz CT molecular complexity index is 783. The lowest BCUT2D eigenvalue weighted by molar-refractivity contribution is -0.142. The van der Waals surface area contributed by atoms with Crippen molar-refractivity contribution >= 4 is 5.91 Å². The van der Waals surface area contributed by atoms with Gasteiger partial charge >= 0.3 is 6.18 Å². The van der Waals surface area contributed by atoms with Crippen molar-refractivity contribution in [3.63, 3.8) is 0 Å². The maximum absolute atomic E-state index is 12.5. The highest BCUT2D eigenvalue weighted by molar-refractivity contribution is 5.93. The average molecular weight is 396 g/mol. The zero-order valence-electron chi connectivity index (χ0n) is 15.6. The van der Waals surface area contributed by atoms with Gasteiger partial charge in [-0.15, -0.1) is 0 Å². The second-order valence-electron chi connectivity index (χ2n) is 6.83. The van der Waals surface area contributed by atoms with Crippen LogP contribution in [0.2, 0.25) is 0 Å². The predicted octanol–water partition coefficient (Wildman–Crippen LogP) is 2.56. The Kier molecular flexibility index (Phi) is 6.35. The van der Waals surface area contributed by atoms with Gasteiger partial charge in [-0.3, -0.25) is 14.4 Å². The van der Waals surface area contributed by atoms with Crippen molar-refractivity contribution < 1.29 is 22.7 Å². The van der Waals surface area contributed by atoms with Gasteiger partial charge in [0, 0.05) is 25.8 Å². The summed E-state index contributed by atoms with van der Waals surface area (Å²) in [4.78, 5) is 14.6. The van der Waals surface area contributed by atoms with Crippen LogP contribution in [0, 0.1) is 6.92 Å². The number of carbonyl (C=O) groups is 1. The van der Waals surface area contributed by atoms with E-state index in [-0.39, 0.29) is 11.6 Å². The second-order valence-corrected chi connectivity index (χ2v) is 6.83. The maximum Gasteiger partial charge on any atom is 0.408 e. The molecule has 3 rings (SSSR count). The Morgan fingerprint density at radius 1 is 1.25 bits per heavy atom. The van der Waals surface area contributed by atoms with E-state index >= 15 is 0 Å². The van der Waals surface area contributed by atoms with Crippen LogP contribution in [0.15, 0.2) is 36.7 Å². The SMILES string of the molecule is Cc1ccc([C@H](CNC(=O)c2cnn(CC(F)(F)F)c2)N2CCOCC2)cc1. The molecule has 1 amide bonds. The van der Waals surface area contributed by atoms with Crippen LogP contribution in [0.5, 0.6) is 0 Å². The molecule has 9 heteroatoms. The van der Waals surface area contributed by atoms with Gasteiger partial charge in [-0.1, -0.05) is 29.8 Å². The molecule has 1 aromatic carbocycles. The Balaban J connectivity index is 1.67. The largest absolute Gasteiger partial charge is 0.408 e. The van der Waals surface area contributed by atoms with Crippen molar-refractivity contribution in [2.45, 2.75) is 25.7 Å². The minimum atomic E-state index is -4.38. The number of rotatable bonds is 6. The van der Waals surface area contributed by atoms with Crippen LogP contribution < -0.4 is 5.32 Å². The summed E-state index contributed by atoms with van der Waals surface area (Å²) in [6, 6.07) is 8.06. The molecule has 0 saturated carbocycles. The molecule has 1 N–H and O–H groups in total. The van der Waals surface area contributed by atoms with E-state index in [1.54, 1.807) is 0 Å². The molecule has 1 fully saturated rings. The molecule has 1 aliphatic rings. The highest BCUT2D eigenvalue weighted by Gasteiger charge is 2.29. The van der Waals surface area contributed by atoms with Crippen molar-refractivity contribution in [1.82, 2.24) is 20.0 Å². The summed E-state index contributed by atoms with van der Waals surface area (Å²) in [6.45, 7) is 3.87. The first-order valence-electron chi connectivity index (χ1n) is 9.07. The Hall–Kier alpha value is -2.39. The summed E-state index contributed by atoms with van der Waals surface area (Å²) >= 11 is 0. The first-order chi connectivity index (χ1) is 13.3. The molecule has 0 aliphatic carbocycles. The van der Waals surface area contributed by atoms with Crippen molar-refractivity contribution in [1.29, 1.82) is 0 Å². The minimum Gasteiger partial charge on any atom is -0.379 e. The monoisotopic (exact) mass is 396 g/mol. The van der Waals surface area contributed by atoms with Gasteiger partial charge in [0.15, 0.2) is 0 Å². The standard InChI is InChI=1S/C19H23F3N4O2/c1-14-2-4-15(5-3-14)17(25-6-8-28-9-7-25)11-23-18(27)16-10-24-26(12-16)13-19(20,21)22/h2-5,10,12,17H,6-9,11,13H2,1H3,(H,23,27)/t17-/m0/s1. The summed E-state index contributed by atoms with van der Waals surface area (Å²) in [5.41, 5.74) is 2.32. The van der Waals surface area contributed by atoms with E-state index in [9.17, 15) is 18.0 Å². The molecule has 152 valence electrons. The fourth-order valence-electron chi connectivity index (χ4n) is 3.18. The van der Waals surface area contributed by atoms with Gasteiger partial charge in [0.05, 0.1) is 31.0 Å². The van der Waals surface area contributed by atoms with Crippen LogP contribution in [-0.4, -0.2) is 59.6 Å². The molecule has 1 atom stereocenters. The Labute approximate surface area is 161 Å². The summed E-state index contributed by atoms with van der Waals surface area (Å²) in [7, 11) is 0. The van der Waals surface area contributed by atoms with E-state index in [1.165, 1.54) is 0 Å². The van der Waals surface area contributed by atoms with Crippen LogP contribution in [0.1, 0.15) is 27.5 Å². The van der Waals surface area contributed by atoms with Gasteiger partial charge in [-0.2, -0.15) is 18.3 Å². The second kappa shape index (κ2) is 8.74. The third-order valence-electron chi connectivity index (χ3n) is 4.64. The lowest BCUT2D eigenvalue weighted by Gasteiger charge is -2.35. The van der Waals surface area contributed by atoms with E-state index in [4.69, 9.17) is 4.74 Å². The molecule has 1 saturated heterocycles. The Morgan fingerprint density at radius 2 is 1.93 bits per heavy atom. The molecular weight excluding hydrogens is 373 g/mol. The molecule has 0 unspecified atom stereocenters. The minimum absolute atomic E-state index is 0.0429. The van der Waals surface area contributed by atoms with Crippen molar-refractivity contribution in [3.8, 4) is 0 Å². The van der Waals surface area contributed by atoms with Crippen molar-refractivity contribution in [2.24, 2.45) is 0 Å². The average Bonchev–Trinajstić information content (AvgIpc) is 3.11. The van der Waals surface area contributed by atoms with E-state index in [0.717, 1.165) is 36.6 Å². The lowest BCUT2D eigenvalue weighted by Crippen LogP contribution is -2.43. The molecule has 1 aliphatic heterocycles. The molecule has 0 bridgehead atoms. The summed E-state index contributed by atoms with van der Waals surface area (Å²) in [5, 5.41) is 6.45. The number of hydrogen-bond acceptors (Lipinski definition) is 4. The van der Waals surface area contributed by atoms with Gasteiger partial charge in [-0.05, 0) is 12.5 Å². The van der Waals surface area contributed by atoms with Crippen molar-refractivity contribution in [3.05, 3.63) is 53.3 Å². The first-order valence-corrected chi connectivity index (χ1v) is 9.07. The number of amides is 1. The third-order valence-corrected chi connectivity index (χ3v) is 4.64. The Morgan fingerprint density at radius 3 is 2.57 bits per heavy atom. The molecular formula is C19H23F3N4O2. The number of ether oxygens (including phenoxy) is 1. The molecule has 28 heavy (non-hydrogen) atoms. The zero-order valence-corrected chi connectivity index (χ0v) is 15.6. The van der Waals surface area contributed by atoms with Gasteiger partial charge in [-0.25, -0.2) is 0 Å². The van der Waals surface area contributed by atoms with E-state index in [0.29, 0.717) is 24.4 Å². The molecule has 0 radical (unpaired) electrons.